The largest absolute Gasteiger partial charge is 0.497 e. The molecule has 0 saturated heterocycles. The number of thiazole rings is 1. The minimum absolute atomic E-state index is 0.265. The second-order valence-corrected chi connectivity index (χ2v) is 7.78. The first-order valence-corrected chi connectivity index (χ1v) is 9.92. The van der Waals surface area contributed by atoms with E-state index in [1.165, 1.54) is 28.0 Å². The number of primary amides is 1. The van der Waals surface area contributed by atoms with Gasteiger partial charge in [0.1, 0.15) is 11.6 Å². The van der Waals surface area contributed by atoms with Crippen molar-refractivity contribution in [1.82, 2.24) is 4.57 Å². The third-order valence-electron chi connectivity index (χ3n) is 4.89. The third-order valence-corrected chi connectivity index (χ3v) is 5.87. The summed E-state index contributed by atoms with van der Waals surface area (Å²) in [5.74, 6) is -0.330. The minimum Gasteiger partial charge on any atom is -0.497 e. The zero-order chi connectivity index (χ0) is 21.4. The monoisotopic (exact) mass is 423 g/mol. The molecule has 152 valence electrons. The lowest BCUT2D eigenvalue weighted by Gasteiger charge is -2.24. The summed E-state index contributed by atoms with van der Waals surface area (Å²) in [6.45, 7) is 1.70. The highest BCUT2D eigenvalue weighted by molar-refractivity contribution is 7.07. The van der Waals surface area contributed by atoms with Crippen LogP contribution < -0.4 is 25.4 Å². The molecule has 0 saturated carbocycles. The number of nitrogens with zero attached hydrogens (tertiary/aromatic N) is 2. The van der Waals surface area contributed by atoms with Crippen molar-refractivity contribution in [2.45, 2.75) is 13.0 Å². The van der Waals surface area contributed by atoms with E-state index in [4.69, 9.17) is 10.5 Å². The van der Waals surface area contributed by atoms with Crippen LogP contribution in [0.1, 0.15) is 24.1 Å². The average Bonchev–Trinajstić information content (AvgIpc) is 3.03. The van der Waals surface area contributed by atoms with Crippen LogP contribution in [0.5, 0.6) is 5.75 Å². The third kappa shape index (κ3) is 3.46. The van der Waals surface area contributed by atoms with Crippen molar-refractivity contribution in [3.63, 3.8) is 0 Å². The van der Waals surface area contributed by atoms with E-state index in [2.05, 4.69) is 4.99 Å². The van der Waals surface area contributed by atoms with Gasteiger partial charge >= 0.3 is 0 Å². The van der Waals surface area contributed by atoms with Crippen molar-refractivity contribution >= 4 is 23.3 Å². The second-order valence-electron chi connectivity index (χ2n) is 6.77. The predicted octanol–water partition coefficient (Wildman–Crippen LogP) is 1.87. The van der Waals surface area contributed by atoms with E-state index in [1.54, 1.807) is 56.5 Å². The van der Waals surface area contributed by atoms with Crippen LogP contribution in [0.4, 0.5) is 4.39 Å². The number of carbonyl (C=O) groups excluding carboxylic acids is 1. The van der Waals surface area contributed by atoms with E-state index < -0.39 is 11.9 Å². The van der Waals surface area contributed by atoms with Gasteiger partial charge in [-0.2, -0.15) is 0 Å². The van der Waals surface area contributed by atoms with Crippen molar-refractivity contribution < 1.29 is 13.9 Å². The molecule has 1 unspecified atom stereocenters. The summed E-state index contributed by atoms with van der Waals surface area (Å²) in [6.07, 6.45) is 1.68. The molecule has 0 spiro atoms. The number of hydrogen-bond donors (Lipinski definition) is 1. The Balaban J connectivity index is 1.94. The Morgan fingerprint density at radius 1 is 1.20 bits per heavy atom. The van der Waals surface area contributed by atoms with E-state index in [1.807, 2.05) is 0 Å². The SMILES string of the molecule is COc1ccc(C2C(C(N)=O)=C(C)N=c3sc(=Cc4ccc(F)cc4)c(=O)n32)cc1. The fraction of sp³-hybridized carbons (Fsp3) is 0.136. The van der Waals surface area contributed by atoms with E-state index >= 15 is 0 Å². The van der Waals surface area contributed by atoms with Crippen LogP contribution in [0, 0.1) is 5.82 Å². The number of hydrogen-bond acceptors (Lipinski definition) is 5. The average molecular weight is 423 g/mol. The molecule has 1 aliphatic heterocycles. The summed E-state index contributed by atoms with van der Waals surface area (Å²) < 4.78 is 20.3. The van der Waals surface area contributed by atoms with Crippen LogP contribution in [0.25, 0.3) is 6.08 Å². The Morgan fingerprint density at radius 2 is 1.87 bits per heavy atom. The topological polar surface area (TPSA) is 86.7 Å². The van der Waals surface area contributed by atoms with Crippen LogP contribution in [-0.4, -0.2) is 17.6 Å². The maximum atomic E-state index is 13.3. The number of fused-ring (bicyclic) bond motifs is 1. The van der Waals surface area contributed by atoms with Crippen molar-refractivity contribution in [3.05, 3.63) is 96.4 Å². The maximum Gasteiger partial charge on any atom is 0.271 e. The van der Waals surface area contributed by atoms with E-state index in [-0.39, 0.29) is 16.9 Å². The lowest BCUT2D eigenvalue weighted by molar-refractivity contribution is -0.115. The minimum atomic E-state index is -0.694. The molecule has 0 aliphatic carbocycles. The second kappa shape index (κ2) is 7.72. The van der Waals surface area contributed by atoms with Gasteiger partial charge in [0.2, 0.25) is 5.91 Å². The number of carbonyl (C=O) groups is 1. The van der Waals surface area contributed by atoms with Gasteiger partial charge in [-0.3, -0.25) is 14.2 Å². The van der Waals surface area contributed by atoms with Gasteiger partial charge in [0.15, 0.2) is 4.80 Å². The Bertz CT molecular complexity index is 1340. The number of ether oxygens (including phenoxy) is 1. The fourth-order valence-electron chi connectivity index (χ4n) is 3.45. The molecule has 2 N–H and O–H groups in total. The van der Waals surface area contributed by atoms with Crippen LogP contribution in [0.15, 0.2) is 69.6 Å². The van der Waals surface area contributed by atoms with Gasteiger partial charge in [-0.1, -0.05) is 35.6 Å². The summed E-state index contributed by atoms with van der Waals surface area (Å²) in [7, 11) is 1.56. The van der Waals surface area contributed by atoms with Crippen molar-refractivity contribution in [3.8, 4) is 5.75 Å². The molecular formula is C22H18FN3O3S. The molecule has 1 amide bonds. The molecule has 0 fully saturated rings. The van der Waals surface area contributed by atoms with Gasteiger partial charge in [0.25, 0.3) is 5.56 Å². The Hall–Kier alpha value is -3.52. The number of rotatable bonds is 4. The quantitative estimate of drug-likeness (QED) is 0.695. The number of nitrogens with two attached hydrogens (primary N) is 1. The number of allylic oxidation sites excluding steroid dienone is 1. The molecule has 6 nitrogen and oxygen atoms in total. The van der Waals surface area contributed by atoms with Gasteiger partial charge < -0.3 is 10.5 Å². The van der Waals surface area contributed by atoms with E-state index in [0.29, 0.717) is 31.9 Å². The lowest BCUT2D eigenvalue weighted by atomic mass is 9.95. The van der Waals surface area contributed by atoms with Crippen LogP contribution in [-0.2, 0) is 4.79 Å². The number of halogens is 1. The highest BCUT2D eigenvalue weighted by atomic mass is 32.1. The highest BCUT2D eigenvalue weighted by Crippen LogP contribution is 2.30. The summed E-state index contributed by atoms with van der Waals surface area (Å²) in [4.78, 5) is 30.4. The molecule has 1 aromatic heterocycles. The van der Waals surface area contributed by atoms with Gasteiger partial charge in [-0.15, -0.1) is 0 Å². The van der Waals surface area contributed by atoms with Gasteiger partial charge in [0, 0.05) is 0 Å². The molecule has 4 rings (SSSR count). The van der Waals surface area contributed by atoms with Crippen LogP contribution in [0.2, 0.25) is 0 Å². The molecule has 8 heteroatoms. The number of aromatic nitrogens is 1. The Labute approximate surface area is 175 Å². The van der Waals surface area contributed by atoms with Gasteiger partial charge in [0.05, 0.1) is 29.0 Å². The normalized spacial score (nSPS) is 16.2. The smallest absolute Gasteiger partial charge is 0.271 e. The zero-order valence-electron chi connectivity index (χ0n) is 16.3. The fourth-order valence-corrected chi connectivity index (χ4v) is 4.49. The molecular weight excluding hydrogens is 405 g/mol. The molecule has 1 atom stereocenters. The van der Waals surface area contributed by atoms with Gasteiger partial charge in [-0.25, -0.2) is 9.38 Å². The molecule has 0 radical (unpaired) electrons. The number of benzene rings is 2. The van der Waals surface area contributed by atoms with Crippen LogP contribution >= 0.6 is 11.3 Å². The van der Waals surface area contributed by atoms with E-state index in [9.17, 15) is 14.0 Å². The van der Waals surface area contributed by atoms with Crippen molar-refractivity contribution in [2.24, 2.45) is 10.7 Å². The van der Waals surface area contributed by atoms with Crippen molar-refractivity contribution in [1.29, 1.82) is 0 Å². The summed E-state index contributed by atoms with van der Waals surface area (Å²) >= 11 is 1.21. The molecule has 3 aromatic rings. The molecule has 0 bridgehead atoms. The summed E-state index contributed by atoms with van der Waals surface area (Å²) in [5, 5.41) is 0. The first kappa shape index (κ1) is 19.8. The molecule has 1 aliphatic rings. The van der Waals surface area contributed by atoms with Crippen LogP contribution in [0.3, 0.4) is 0 Å². The number of amides is 1. The molecule has 30 heavy (non-hydrogen) atoms. The maximum absolute atomic E-state index is 13.3. The summed E-state index contributed by atoms with van der Waals surface area (Å²) in [6, 6.07) is 12.3. The van der Waals surface area contributed by atoms with E-state index in [0.717, 1.165) is 0 Å². The highest BCUT2D eigenvalue weighted by Gasteiger charge is 2.31. The first-order valence-electron chi connectivity index (χ1n) is 9.11. The number of methoxy groups -OCH3 is 1. The predicted molar refractivity (Wildman–Crippen MR) is 112 cm³/mol. The zero-order valence-corrected chi connectivity index (χ0v) is 17.1. The first-order chi connectivity index (χ1) is 14.4. The van der Waals surface area contributed by atoms with Crippen molar-refractivity contribution in [2.75, 3.05) is 7.11 Å². The van der Waals surface area contributed by atoms with Gasteiger partial charge in [-0.05, 0) is 48.4 Å². The Kier molecular flexibility index (Phi) is 5.09. The lowest BCUT2D eigenvalue weighted by Crippen LogP contribution is -2.40. The molecule has 2 heterocycles. The Morgan fingerprint density at radius 3 is 2.47 bits per heavy atom. The molecule has 2 aromatic carbocycles. The standard InChI is InChI=1S/C22H18FN3O3S/c1-12-18(20(24)27)19(14-5-9-16(29-2)10-6-14)26-21(28)17(30-22(26)25-12)11-13-3-7-15(23)8-4-13/h3-11,19H,1-2H3,(H2,24,27). The summed E-state index contributed by atoms with van der Waals surface area (Å²) in [5.41, 5.74) is 7.50.